The van der Waals surface area contributed by atoms with E-state index in [1.54, 1.807) is 0 Å². The number of carbonyl (C=O) groups excluding carboxylic acids is 1. The van der Waals surface area contributed by atoms with Gasteiger partial charge in [-0.05, 0) is 19.3 Å². The van der Waals surface area contributed by atoms with E-state index < -0.39 is 18.2 Å². The minimum absolute atomic E-state index is 0.0292. The first-order valence-corrected chi connectivity index (χ1v) is 7.70. The second kappa shape index (κ2) is 13.8. The third-order valence-electron chi connectivity index (χ3n) is 2.76. The second-order valence-electron chi connectivity index (χ2n) is 4.81. The van der Waals surface area contributed by atoms with Gasteiger partial charge in [0, 0.05) is 26.1 Å². The summed E-state index contributed by atoms with van der Waals surface area (Å²) in [7, 11) is 0. The Balaban J connectivity index is 3.89. The highest BCUT2D eigenvalue weighted by atomic mass is 16.7. The van der Waals surface area contributed by atoms with E-state index in [1.165, 1.54) is 0 Å². The molecule has 0 bridgehead atoms. The molecule has 0 saturated heterocycles. The van der Waals surface area contributed by atoms with Gasteiger partial charge in [0.1, 0.15) is 6.61 Å². The predicted molar refractivity (Wildman–Crippen MR) is 78.0 cm³/mol. The summed E-state index contributed by atoms with van der Waals surface area (Å²) < 4.78 is 16.1. The molecule has 1 N–H and O–H groups in total. The highest BCUT2D eigenvalue weighted by Crippen LogP contribution is 2.04. The largest absolute Gasteiger partial charge is 0.481 e. The molecule has 0 unspecified atom stereocenters. The molecule has 0 aromatic carbocycles. The number of carbonyl (C=O) groups is 2. The Kier molecular flexibility index (Phi) is 13.1. The van der Waals surface area contributed by atoms with Crippen LogP contribution in [0.2, 0.25) is 0 Å². The van der Waals surface area contributed by atoms with Crippen molar-refractivity contribution in [3.05, 3.63) is 0 Å². The Hall–Kier alpha value is -1.14. The normalized spacial score (nSPS) is 10.8. The van der Waals surface area contributed by atoms with Crippen molar-refractivity contribution in [2.75, 3.05) is 19.8 Å². The van der Waals surface area contributed by atoms with Crippen LogP contribution in [0, 0.1) is 0 Å². The molecule has 0 radical (unpaired) electrons. The molecule has 0 aromatic heterocycles. The van der Waals surface area contributed by atoms with E-state index in [9.17, 15) is 9.59 Å². The molecular formula is C15H28O6. The minimum atomic E-state index is -0.911. The summed E-state index contributed by atoms with van der Waals surface area (Å²) in [6.07, 6.45) is 3.73. The van der Waals surface area contributed by atoms with Crippen LogP contribution in [-0.4, -0.2) is 43.2 Å². The first-order chi connectivity index (χ1) is 10.1. The third kappa shape index (κ3) is 13.6. The Bertz CT molecular complexity index is 269. The molecule has 6 nitrogen and oxygen atoms in total. The summed E-state index contributed by atoms with van der Waals surface area (Å²) in [5.41, 5.74) is 0. The van der Waals surface area contributed by atoms with Crippen LogP contribution in [0.4, 0.5) is 0 Å². The molecule has 124 valence electrons. The maximum Gasteiger partial charge on any atom is 0.305 e. The number of rotatable bonds is 14. The maximum atomic E-state index is 11.5. The summed E-state index contributed by atoms with van der Waals surface area (Å²) in [6, 6.07) is 0. The quantitative estimate of drug-likeness (QED) is 0.302. The zero-order valence-corrected chi connectivity index (χ0v) is 13.1. The van der Waals surface area contributed by atoms with Gasteiger partial charge in [0.2, 0.25) is 0 Å². The minimum Gasteiger partial charge on any atom is -0.481 e. The Labute approximate surface area is 126 Å². The standard InChI is InChI=1S/C15H28O6/c1-3-5-10-19-15(20-11-6-4-2)12-21-14(18)9-7-8-13(16)17/h15H,3-12H2,1-2H3,(H,16,17). The summed E-state index contributed by atoms with van der Waals surface area (Å²) >= 11 is 0. The van der Waals surface area contributed by atoms with E-state index in [2.05, 4.69) is 13.8 Å². The van der Waals surface area contributed by atoms with Crippen LogP contribution in [0.1, 0.15) is 58.8 Å². The summed E-state index contributed by atoms with van der Waals surface area (Å²) in [5, 5.41) is 8.49. The Morgan fingerprint density at radius 2 is 1.52 bits per heavy atom. The topological polar surface area (TPSA) is 82.1 Å². The number of unbranched alkanes of at least 4 members (excludes halogenated alkanes) is 2. The van der Waals surface area contributed by atoms with Gasteiger partial charge in [-0.15, -0.1) is 0 Å². The predicted octanol–water partition coefficient (Wildman–Crippen LogP) is 2.74. The smallest absolute Gasteiger partial charge is 0.305 e. The van der Waals surface area contributed by atoms with Gasteiger partial charge in [-0.3, -0.25) is 9.59 Å². The molecule has 0 aliphatic rings. The summed E-state index contributed by atoms with van der Waals surface area (Å²) in [5.74, 6) is -1.33. The van der Waals surface area contributed by atoms with Gasteiger partial charge in [-0.2, -0.15) is 0 Å². The van der Waals surface area contributed by atoms with Crippen LogP contribution in [0.5, 0.6) is 0 Å². The first kappa shape index (κ1) is 19.9. The Morgan fingerprint density at radius 1 is 0.952 bits per heavy atom. The molecule has 0 aliphatic heterocycles. The number of aliphatic carboxylic acids is 1. The summed E-state index contributed by atoms with van der Waals surface area (Å²) in [4.78, 5) is 21.8. The average Bonchev–Trinajstić information content (AvgIpc) is 2.44. The van der Waals surface area contributed by atoms with E-state index in [0.717, 1.165) is 25.7 Å². The lowest BCUT2D eigenvalue weighted by atomic mass is 10.2. The highest BCUT2D eigenvalue weighted by molar-refractivity contribution is 5.71. The summed E-state index contributed by atoms with van der Waals surface area (Å²) in [6.45, 7) is 5.34. The molecule has 21 heavy (non-hydrogen) atoms. The highest BCUT2D eigenvalue weighted by Gasteiger charge is 2.13. The van der Waals surface area contributed by atoms with E-state index >= 15 is 0 Å². The molecule has 0 spiro atoms. The van der Waals surface area contributed by atoms with E-state index in [1.807, 2.05) is 0 Å². The van der Waals surface area contributed by atoms with Crippen LogP contribution in [0.3, 0.4) is 0 Å². The van der Waals surface area contributed by atoms with E-state index in [0.29, 0.717) is 13.2 Å². The van der Waals surface area contributed by atoms with Crippen LogP contribution in [0.15, 0.2) is 0 Å². The third-order valence-corrected chi connectivity index (χ3v) is 2.76. The number of hydrogen-bond acceptors (Lipinski definition) is 5. The number of esters is 1. The fourth-order valence-corrected chi connectivity index (χ4v) is 1.48. The van der Waals surface area contributed by atoms with Crippen molar-refractivity contribution in [2.45, 2.75) is 65.1 Å². The van der Waals surface area contributed by atoms with Gasteiger partial charge >= 0.3 is 11.9 Å². The Morgan fingerprint density at radius 3 is 2.00 bits per heavy atom. The van der Waals surface area contributed by atoms with Gasteiger partial charge in [0.05, 0.1) is 0 Å². The molecule has 6 heteroatoms. The van der Waals surface area contributed by atoms with Crippen molar-refractivity contribution < 1.29 is 28.9 Å². The molecule has 0 saturated carbocycles. The lowest BCUT2D eigenvalue weighted by Gasteiger charge is -2.18. The van der Waals surface area contributed by atoms with Crippen molar-refractivity contribution >= 4 is 11.9 Å². The fourth-order valence-electron chi connectivity index (χ4n) is 1.48. The number of ether oxygens (including phenoxy) is 3. The van der Waals surface area contributed by atoms with Crippen LogP contribution >= 0.6 is 0 Å². The SMILES string of the molecule is CCCCOC(COC(=O)CCCC(=O)O)OCCCC. The van der Waals surface area contributed by atoms with Crippen LogP contribution < -0.4 is 0 Å². The number of carboxylic acid groups (broad SMARTS) is 1. The molecule has 0 atom stereocenters. The van der Waals surface area contributed by atoms with Crippen LogP contribution in [-0.2, 0) is 23.8 Å². The first-order valence-electron chi connectivity index (χ1n) is 7.70. The van der Waals surface area contributed by atoms with Crippen molar-refractivity contribution in [1.82, 2.24) is 0 Å². The van der Waals surface area contributed by atoms with Crippen LogP contribution in [0.25, 0.3) is 0 Å². The van der Waals surface area contributed by atoms with Crippen molar-refractivity contribution in [1.29, 1.82) is 0 Å². The molecule has 0 aliphatic carbocycles. The monoisotopic (exact) mass is 304 g/mol. The van der Waals surface area contributed by atoms with E-state index in [-0.39, 0.29) is 25.9 Å². The maximum absolute atomic E-state index is 11.5. The van der Waals surface area contributed by atoms with Gasteiger partial charge in [0.15, 0.2) is 6.29 Å². The average molecular weight is 304 g/mol. The number of carboxylic acids is 1. The fraction of sp³-hybridized carbons (Fsp3) is 0.867. The molecule has 0 fully saturated rings. The van der Waals surface area contributed by atoms with Gasteiger partial charge in [-0.25, -0.2) is 0 Å². The zero-order chi connectivity index (χ0) is 15.9. The molecule has 0 rings (SSSR count). The van der Waals surface area contributed by atoms with Gasteiger partial charge in [0.25, 0.3) is 0 Å². The molecular weight excluding hydrogens is 276 g/mol. The zero-order valence-electron chi connectivity index (χ0n) is 13.1. The molecule has 0 aromatic rings. The van der Waals surface area contributed by atoms with Crippen molar-refractivity contribution in [3.8, 4) is 0 Å². The van der Waals surface area contributed by atoms with Gasteiger partial charge in [-0.1, -0.05) is 26.7 Å². The second-order valence-corrected chi connectivity index (χ2v) is 4.81. The van der Waals surface area contributed by atoms with Gasteiger partial charge < -0.3 is 19.3 Å². The van der Waals surface area contributed by atoms with Crippen molar-refractivity contribution in [3.63, 3.8) is 0 Å². The molecule has 0 heterocycles. The molecule has 0 amide bonds. The lowest BCUT2D eigenvalue weighted by molar-refractivity contribution is -0.183. The number of hydrogen-bond donors (Lipinski definition) is 1. The van der Waals surface area contributed by atoms with E-state index in [4.69, 9.17) is 19.3 Å². The lowest BCUT2D eigenvalue weighted by Crippen LogP contribution is -2.26. The van der Waals surface area contributed by atoms with Crippen molar-refractivity contribution in [2.24, 2.45) is 0 Å².